The van der Waals surface area contributed by atoms with E-state index >= 15 is 0 Å². The number of benzene rings is 1. The highest BCUT2D eigenvalue weighted by Crippen LogP contribution is 2.31. The first-order valence-corrected chi connectivity index (χ1v) is 7.23. The maximum atomic E-state index is 12.7. The largest absolute Gasteiger partial charge is 0.416 e. The average Bonchev–Trinajstić information content (AvgIpc) is 3.16. The Morgan fingerprint density at radius 3 is 2.91 bits per heavy atom. The van der Waals surface area contributed by atoms with Crippen LogP contribution in [0.2, 0.25) is 0 Å². The van der Waals surface area contributed by atoms with Crippen molar-refractivity contribution in [1.29, 1.82) is 0 Å². The number of hydrogen-bond acceptors (Lipinski definition) is 4. The topological polar surface area (TPSA) is 51.0 Å². The zero-order valence-corrected chi connectivity index (χ0v) is 11.9. The number of rotatable bonds is 4. The van der Waals surface area contributed by atoms with Gasteiger partial charge in [-0.3, -0.25) is 0 Å². The molecule has 118 valence electrons. The lowest BCUT2D eigenvalue weighted by molar-refractivity contribution is -0.137. The van der Waals surface area contributed by atoms with Crippen LogP contribution in [-0.4, -0.2) is 23.2 Å². The van der Waals surface area contributed by atoms with Gasteiger partial charge in [0.05, 0.1) is 5.56 Å². The Morgan fingerprint density at radius 1 is 1.32 bits per heavy atom. The van der Waals surface area contributed by atoms with Crippen LogP contribution >= 0.6 is 0 Å². The van der Waals surface area contributed by atoms with Gasteiger partial charge in [0.2, 0.25) is 11.7 Å². The summed E-state index contributed by atoms with van der Waals surface area (Å²) in [6.07, 6.45) is -1.65. The SMILES string of the molecule is FC(F)(F)c1cccc(-c2noc(CCC3CCNC3)n2)c1. The molecule has 2 heterocycles. The number of alkyl halides is 3. The van der Waals surface area contributed by atoms with Crippen LogP contribution in [-0.2, 0) is 12.6 Å². The van der Waals surface area contributed by atoms with Crippen molar-refractivity contribution in [2.45, 2.75) is 25.4 Å². The van der Waals surface area contributed by atoms with Gasteiger partial charge in [0.15, 0.2) is 0 Å². The Kier molecular flexibility index (Phi) is 4.15. The Morgan fingerprint density at radius 2 is 2.18 bits per heavy atom. The second kappa shape index (κ2) is 6.08. The van der Waals surface area contributed by atoms with Crippen molar-refractivity contribution in [3.8, 4) is 11.4 Å². The number of aromatic nitrogens is 2. The van der Waals surface area contributed by atoms with E-state index in [2.05, 4.69) is 15.5 Å². The molecule has 1 aromatic heterocycles. The fraction of sp³-hybridized carbons (Fsp3) is 0.467. The van der Waals surface area contributed by atoms with Crippen molar-refractivity contribution in [2.75, 3.05) is 13.1 Å². The zero-order valence-electron chi connectivity index (χ0n) is 11.9. The highest BCUT2D eigenvalue weighted by molar-refractivity contribution is 5.55. The molecule has 1 aromatic carbocycles. The summed E-state index contributed by atoms with van der Waals surface area (Å²) in [6.45, 7) is 2.03. The van der Waals surface area contributed by atoms with Crippen LogP contribution in [0.1, 0.15) is 24.3 Å². The third-order valence-corrected chi connectivity index (χ3v) is 3.85. The average molecular weight is 311 g/mol. The lowest BCUT2D eigenvalue weighted by Gasteiger charge is -2.06. The van der Waals surface area contributed by atoms with Crippen molar-refractivity contribution in [3.05, 3.63) is 35.7 Å². The first-order valence-electron chi connectivity index (χ1n) is 7.23. The van der Waals surface area contributed by atoms with Crippen LogP contribution in [0.4, 0.5) is 13.2 Å². The molecule has 0 aliphatic carbocycles. The van der Waals surface area contributed by atoms with Gasteiger partial charge in [-0.2, -0.15) is 18.2 Å². The predicted octanol–water partition coefficient (Wildman–Crippen LogP) is 3.30. The lowest BCUT2D eigenvalue weighted by atomic mass is 10.0. The van der Waals surface area contributed by atoms with E-state index in [0.717, 1.165) is 38.1 Å². The molecular weight excluding hydrogens is 295 g/mol. The van der Waals surface area contributed by atoms with E-state index < -0.39 is 11.7 Å². The first-order chi connectivity index (χ1) is 10.5. The van der Waals surface area contributed by atoms with Crippen LogP contribution in [0.3, 0.4) is 0 Å². The summed E-state index contributed by atoms with van der Waals surface area (Å²) in [5, 5.41) is 7.07. The summed E-state index contributed by atoms with van der Waals surface area (Å²) in [5.74, 6) is 1.27. The van der Waals surface area contributed by atoms with Crippen molar-refractivity contribution in [3.63, 3.8) is 0 Å². The van der Waals surface area contributed by atoms with E-state index in [4.69, 9.17) is 4.52 Å². The highest BCUT2D eigenvalue weighted by Gasteiger charge is 2.30. The van der Waals surface area contributed by atoms with E-state index in [9.17, 15) is 13.2 Å². The standard InChI is InChI=1S/C15H16F3N3O/c16-15(17,18)12-3-1-2-11(8-12)14-20-13(22-21-14)5-4-10-6-7-19-9-10/h1-3,8,10,19H,4-7,9H2. The van der Waals surface area contributed by atoms with Crippen molar-refractivity contribution in [2.24, 2.45) is 5.92 Å². The summed E-state index contributed by atoms with van der Waals surface area (Å²) in [7, 11) is 0. The summed E-state index contributed by atoms with van der Waals surface area (Å²) in [4.78, 5) is 4.20. The van der Waals surface area contributed by atoms with Gasteiger partial charge >= 0.3 is 6.18 Å². The van der Waals surface area contributed by atoms with Gasteiger partial charge in [0.1, 0.15) is 0 Å². The molecule has 7 heteroatoms. The molecule has 2 aromatic rings. The van der Waals surface area contributed by atoms with E-state index in [0.29, 0.717) is 23.8 Å². The molecule has 1 atom stereocenters. The molecule has 4 nitrogen and oxygen atoms in total. The summed E-state index contributed by atoms with van der Waals surface area (Å²) in [5.41, 5.74) is -0.402. The van der Waals surface area contributed by atoms with Crippen LogP contribution in [0, 0.1) is 5.92 Å². The van der Waals surface area contributed by atoms with Gasteiger partial charge in [-0.1, -0.05) is 17.3 Å². The molecule has 1 aliphatic rings. The minimum Gasteiger partial charge on any atom is -0.339 e. The molecule has 1 aliphatic heterocycles. The van der Waals surface area contributed by atoms with Crippen LogP contribution in [0.15, 0.2) is 28.8 Å². The Labute approximate surface area is 125 Å². The number of nitrogens with zero attached hydrogens (tertiary/aromatic N) is 2. The number of nitrogens with one attached hydrogen (secondary N) is 1. The Bertz CT molecular complexity index is 633. The van der Waals surface area contributed by atoms with Crippen molar-refractivity contribution >= 4 is 0 Å². The lowest BCUT2D eigenvalue weighted by Crippen LogP contribution is -2.09. The minimum atomic E-state index is -4.38. The van der Waals surface area contributed by atoms with Crippen LogP contribution in [0.5, 0.6) is 0 Å². The van der Waals surface area contributed by atoms with Gasteiger partial charge in [-0.15, -0.1) is 0 Å². The third-order valence-electron chi connectivity index (χ3n) is 3.85. The molecular formula is C15H16F3N3O. The minimum absolute atomic E-state index is 0.200. The van der Waals surface area contributed by atoms with Gasteiger partial charge in [-0.05, 0) is 44.0 Å². The second-order valence-electron chi connectivity index (χ2n) is 5.49. The van der Waals surface area contributed by atoms with E-state index in [-0.39, 0.29) is 5.82 Å². The summed E-state index contributed by atoms with van der Waals surface area (Å²) in [6, 6.07) is 4.95. The molecule has 22 heavy (non-hydrogen) atoms. The van der Waals surface area contributed by atoms with Crippen LogP contribution in [0.25, 0.3) is 11.4 Å². The van der Waals surface area contributed by atoms with Crippen molar-refractivity contribution < 1.29 is 17.7 Å². The second-order valence-corrected chi connectivity index (χ2v) is 5.49. The molecule has 0 radical (unpaired) electrons. The quantitative estimate of drug-likeness (QED) is 0.941. The summed E-state index contributed by atoms with van der Waals surface area (Å²) < 4.78 is 43.3. The smallest absolute Gasteiger partial charge is 0.339 e. The predicted molar refractivity (Wildman–Crippen MR) is 74.0 cm³/mol. The zero-order chi connectivity index (χ0) is 15.6. The Balaban J connectivity index is 1.70. The van der Waals surface area contributed by atoms with E-state index in [1.165, 1.54) is 6.07 Å². The van der Waals surface area contributed by atoms with E-state index in [1.807, 2.05) is 0 Å². The number of hydrogen-bond donors (Lipinski definition) is 1. The fourth-order valence-electron chi connectivity index (χ4n) is 2.60. The normalized spacial score (nSPS) is 18.8. The van der Waals surface area contributed by atoms with Gasteiger partial charge in [-0.25, -0.2) is 0 Å². The summed E-state index contributed by atoms with van der Waals surface area (Å²) >= 11 is 0. The monoisotopic (exact) mass is 311 g/mol. The van der Waals surface area contributed by atoms with Gasteiger partial charge in [0, 0.05) is 12.0 Å². The maximum absolute atomic E-state index is 12.7. The highest BCUT2D eigenvalue weighted by atomic mass is 19.4. The molecule has 0 spiro atoms. The molecule has 0 amide bonds. The Hall–Kier alpha value is -1.89. The van der Waals surface area contributed by atoms with Crippen molar-refractivity contribution in [1.82, 2.24) is 15.5 Å². The van der Waals surface area contributed by atoms with E-state index in [1.54, 1.807) is 6.07 Å². The molecule has 0 saturated carbocycles. The fourth-order valence-corrected chi connectivity index (χ4v) is 2.60. The molecule has 0 bridgehead atoms. The molecule has 3 rings (SSSR count). The third kappa shape index (κ3) is 3.47. The first kappa shape index (κ1) is 15.0. The van der Waals surface area contributed by atoms with Gasteiger partial charge in [0.25, 0.3) is 0 Å². The van der Waals surface area contributed by atoms with Crippen LogP contribution < -0.4 is 5.32 Å². The maximum Gasteiger partial charge on any atom is 0.416 e. The molecule has 1 saturated heterocycles. The number of aryl methyl sites for hydroxylation is 1. The molecule has 1 N–H and O–H groups in total. The molecule has 1 unspecified atom stereocenters. The molecule has 1 fully saturated rings. The van der Waals surface area contributed by atoms with Gasteiger partial charge < -0.3 is 9.84 Å². The number of halogens is 3.